The summed E-state index contributed by atoms with van der Waals surface area (Å²) in [5, 5.41) is 18.8. The molecule has 1 aliphatic heterocycles. The van der Waals surface area contributed by atoms with Crippen LogP contribution in [0.1, 0.15) is 66.4 Å². The molecule has 0 aliphatic carbocycles. The van der Waals surface area contributed by atoms with Gasteiger partial charge in [0.2, 0.25) is 23.6 Å². The van der Waals surface area contributed by atoms with Gasteiger partial charge < -0.3 is 42.4 Å². The zero-order valence-electron chi connectivity index (χ0n) is 27.1. The number of rotatable bonds is 13. The number of aliphatic carboxylic acids is 1. The maximum Gasteiger partial charge on any atom is 0.326 e. The molecule has 9 N–H and O–H groups in total. The summed E-state index contributed by atoms with van der Waals surface area (Å²) in [4.78, 5) is 70.6. The van der Waals surface area contributed by atoms with Crippen molar-refractivity contribution in [2.45, 2.75) is 103 Å². The monoisotopic (exact) mass is 627 g/mol. The number of benzene rings is 1. The highest BCUT2D eigenvalue weighted by atomic mass is 16.4. The van der Waals surface area contributed by atoms with Crippen LogP contribution in [0.2, 0.25) is 0 Å². The molecule has 45 heavy (non-hydrogen) atoms. The zero-order chi connectivity index (χ0) is 33.6. The normalized spacial score (nSPS) is 18.6. The molecule has 0 spiro atoms. The minimum Gasteiger partial charge on any atom is -0.480 e. The van der Waals surface area contributed by atoms with Crippen molar-refractivity contribution in [3.05, 3.63) is 36.0 Å². The fraction of sp³-hybridized carbons (Fsp3) is 0.594. The summed E-state index contributed by atoms with van der Waals surface area (Å²) >= 11 is 0. The minimum absolute atomic E-state index is 0.00876. The molecule has 4 amide bonds. The van der Waals surface area contributed by atoms with Gasteiger partial charge in [0.1, 0.15) is 24.2 Å². The number of nitrogens with two attached hydrogens (primary N) is 2. The fourth-order valence-corrected chi connectivity index (χ4v) is 5.61. The molecule has 0 bridgehead atoms. The molecule has 1 fully saturated rings. The van der Waals surface area contributed by atoms with Crippen LogP contribution in [-0.2, 0) is 30.4 Å². The number of aromatic amines is 1. The zero-order valence-corrected chi connectivity index (χ0v) is 27.1. The molecule has 2 heterocycles. The van der Waals surface area contributed by atoms with E-state index in [1.807, 2.05) is 38.1 Å². The third kappa shape index (κ3) is 9.04. The van der Waals surface area contributed by atoms with Gasteiger partial charge in [0.15, 0.2) is 0 Å². The van der Waals surface area contributed by atoms with Crippen molar-refractivity contribution in [1.82, 2.24) is 25.8 Å². The summed E-state index contributed by atoms with van der Waals surface area (Å²) in [6, 6.07) is 1.67. The van der Waals surface area contributed by atoms with Crippen LogP contribution in [0.5, 0.6) is 0 Å². The predicted molar refractivity (Wildman–Crippen MR) is 171 cm³/mol. The van der Waals surface area contributed by atoms with Gasteiger partial charge in [-0.3, -0.25) is 19.2 Å². The van der Waals surface area contributed by atoms with E-state index in [2.05, 4.69) is 20.9 Å². The van der Waals surface area contributed by atoms with Gasteiger partial charge in [0.25, 0.3) is 0 Å². The van der Waals surface area contributed by atoms with E-state index in [1.54, 1.807) is 33.9 Å². The minimum atomic E-state index is -1.17. The van der Waals surface area contributed by atoms with E-state index in [4.69, 9.17) is 11.5 Å². The molecule has 3 rings (SSSR count). The number of nitrogens with one attached hydrogen (secondary N) is 4. The Morgan fingerprint density at radius 3 is 2.29 bits per heavy atom. The smallest absolute Gasteiger partial charge is 0.326 e. The number of carbonyl (C=O) groups is 5. The predicted octanol–water partition coefficient (Wildman–Crippen LogP) is 1.01. The van der Waals surface area contributed by atoms with Gasteiger partial charge in [-0.15, -0.1) is 0 Å². The molecule has 1 aromatic heterocycles. The second-order valence-electron chi connectivity index (χ2n) is 13.5. The summed E-state index contributed by atoms with van der Waals surface area (Å²) in [7, 11) is 0. The van der Waals surface area contributed by atoms with Crippen LogP contribution in [0.15, 0.2) is 30.5 Å². The lowest BCUT2D eigenvalue weighted by Crippen LogP contribution is -2.61. The molecule has 1 saturated heterocycles. The van der Waals surface area contributed by atoms with Gasteiger partial charge in [-0.25, -0.2) is 4.79 Å². The molecule has 1 aliphatic rings. The molecular weight excluding hydrogens is 578 g/mol. The average Bonchev–Trinajstić information content (AvgIpc) is 3.63. The van der Waals surface area contributed by atoms with Crippen LogP contribution in [0.3, 0.4) is 0 Å². The van der Waals surface area contributed by atoms with Crippen molar-refractivity contribution in [2.24, 2.45) is 22.8 Å². The number of likely N-dealkylation sites (tertiary alicyclic amines) is 1. The van der Waals surface area contributed by atoms with Crippen LogP contribution in [0.25, 0.3) is 10.9 Å². The number of carbonyl (C=O) groups excluding carboxylic acids is 4. The lowest BCUT2D eigenvalue weighted by atomic mass is 9.85. The first-order valence-electron chi connectivity index (χ1n) is 15.5. The number of aromatic nitrogens is 1. The Bertz CT molecular complexity index is 1380. The Kier molecular flexibility index (Phi) is 11.7. The maximum absolute atomic E-state index is 14.0. The number of nitrogens with zero attached hydrogens (tertiary/aromatic N) is 1. The fourth-order valence-electron chi connectivity index (χ4n) is 5.61. The van der Waals surface area contributed by atoms with E-state index in [0.29, 0.717) is 19.4 Å². The third-order valence-corrected chi connectivity index (χ3v) is 8.17. The molecule has 13 nitrogen and oxygen atoms in total. The van der Waals surface area contributed by atoms with Gasteiger partial charge >= 0.3 is 5.97 Å². The number of fused-ring (bicyclic) bond motifs is 1. The first-order valence-corrected chi connectivity index (χ1v) is 15.5. The molecule has 0 saturated carbocycles. The first-order chi connectivity index (χ1) is 21.0. The van der Waals surface area contributed by atoms with E-state index in [0.717, 1.165) is 16.5 Å². The second kappa shape index (κ2) is 14.9. The van der Waals surface area contributed by atoms with Gasteiger partial charge in [-0.1, -0.05) is 46.8 Å². The largest absolute Gasteiger partial charge is 0.480 e. The summed E-state index contributed by atoms with van der Waals surface area (Å²) < 4.78 is 0. The average molecular weight is 628 g/mol. The topological polar surface area (TPSA) is 213 Å². The number of H-pyrrole nitrogens is 1. The molecule has 2 aromatic rings. The summed E-state index contributed by atoms with van der Waals surface area (Å²) in [5.41, 5.74) is 12.7. The van der Waals surface area contributed by atoms with E-state index >= 15 is 0 Å². The van der Waals surface area contributed by atoms with Crippen LogP contribution in [0, 0.1) is 11.3 Å². The van der Waals surface area contributed by atoms with E-state index in [1.165, 1.54) is 4.90 Å². The SMILES string of the molecule is CC(C)C[C@H](NC(=O)[C@@H](NC(=O)[C@H](Cc1cccc2[nH]ccc12)NC(=O)[C@@H]1CCCN1C(=O)[C@@H](N)C(C)N)C(C)(C)C)C(=O)O. The van der Waals surface area contributed by atoms with Gasteiger partial charge in [0, 0.05) is 36.1 Å². The van der Waals surface area contributed by atoms with Crippen LogP contribution < -0.4 is 27.4 Å². The van der Waals surface area contributed by atoms with Crippen LogP contribution in [-0.4, -0.2) is 87.4 Å². The Morgan fingerprint density at radius 1 is 1.00 bits per heavy atom. The number of carboxylic acids is 1. The Morgan fingerprint density at radius 2 is 1.69 bits per heavy atom. The lowest BCUT2D eigenvalue weighted by Gasteiger charge is -2.33. The Labute approximate surface area is 264 Å². The van der Waals surface area contributed by atoms with Crippen LogP contribution in [0.4, 0.5) is 0 Å². The summed E-state index contributed by atoms with van der Waals surface area (Å²) in [6.07, 6.45) is 3.07. The number of hydrogen-bond acceptors (Lipinski definition) is 7. The third-order valence-electron chi connectivity index (χ3n) is 8.17. The van der Waals surface area contributed by atoms with Crippen molar-refractivity contribution in [3.63, 3.8) is 0 Å². The maximum atomic E-state index is 14.0. The van der Waals surface area contributed by atoms with E-state index in [9.17, 15) is 29.1 Å². The number of amides is 4. The highest BCUT2D eigenvalue weighted by molar-refractivity contribution is 5.96. The molecular formula is C32H49N7O6. The first kappa shape index (κ1) is 35.5. The van der Waals surface area contributed by atoms with Gasteiger partial charge in [0.05, 0.1) is 6.04 Å². The summed E-state index contributed by atoms with van der Waals surface area (Å²) in [5.74, 6) is -3.36. The highest BCUT2D eigenvalue weighted by Gasteiger charge is 2.40. The van der Waals surface area contributed by atoms with Crippen molar-refractivity contribution >= 4 is 40.5 Å². The molecule has 0 radical (unpaired) electrons. The number of hydrogen-bond donors (Lipinski definition) is 7. The van der Waals surface area contributed by atoms with Crippen LogP contribution >= 0.6 is 0 Å². The van der Waals surface area contributed by atoms with Crippen molar-refractivity contribution in [1.29, 1.82) is 0 Å². The highest BCUT2D eigenvalue weighted by Crippen LogP contribution is 2.23. The number of carboxylic acid groups (broad SMARTS) is 1. The van der Waals surface area contributed by atoms with Crippen molar-refractivity contribution in [2.75, 3.05) is 6.54 Å². The molecule has 1 aromatic carbocycles. The van der Waals surface area contributed by atoms with E-state index in [-0.39, 0.29) is 18.8 Å². The molecule has 248 valence electrons. The Hall–Kier alpha value is -3.97. The van der Waals surface area contributed by atoms with Crippen molar-refractivity contribution < 1.29 is 29.1 Å². The molecule has 13 heteroatoms. The quantitative estimate of drug-likeness (QED) is 0.170. The Balaban J connectivity index is 1.90. The van der Waals surface area contributed by atoms with Crippen molar-refractivity contribution in [3.8, 4) is 0 Å². The molecule has 1 unspecified atom stereocenters. The van der Waals surface area contributed by atoms with Gasteiger partial charge in [-0.05, 0) is 55.2 Å². The standard InChI is InChI=1S/C32H49N7O6/c1-17(2)15-23(31(44)45)37-29(42)26(32(4,5)6)38-27(40)22(16-19-9-7-10-21-20(19)12-13-35-21)36-28(41)24-11-8-14-39(24)30(43)25(34)18(3)33/h7,9-10,12-13,17-18,22-26,35H,8,11,14-16,33-34H2,1-6H3,(H,36,41)(H,37,42)(H,38,40)(H,44,45)/t18?,22-,23-,24-,25-,26+/m0/s1. The molecule has 6 atom stereocenters. The van der Waals surface area contributed by atoms with Gasteiger partial charge in [-0.2, -0.15) is 0 Å². The van der Waals surface area contributed by atoms with E-state index < -0.39 is 71.3 Å². The second-order valence-corrected chi connectivity index (χ2v) is 13.5. The lowest BCUT2D eigenvalue weighted by molar-refractivity contribution is -0.143. The summed E-state index contributed by atoms with van der Waals surface area (Å²) in [6.45, 7) is 10.9.